The molecule has 2 aromatic heterocycles. The van der Waals surface area contributed by atoms with E-state index in [1.807, 2.05) is 18.9 Å². The number of carbonyl (C=O) groups is 2. The van der Waals surface area contributed by atoms with E-state index < -0.39 is 17.5 Å². The smallest absolute Gasteiger partial charge is 0.352 e. The Morgan fingerprint density at radius 1 is 1.41 bits per heavy atom. The van der Waals surface area contributed by atoms with Gasteiger partial charge >= 0.3 is 11.9 Å². The van der Waals surface area contributed by atoms with Gasteiger partial charge < -0.3 is 14.8 Å². The number of hydrogen-bond donors (Lipinski definition) is 3. The van der Waals surface area contributed by atoms with Gasteiger partial charge in [-0.25, -0.2) is 14.6 Å². The highest BCUT2D eigenvalue weighted by molar-refractivity contribution is 6.35. The summed E-state index contributed by atoms with van der Waals surface area (Å²) in [5, 5.41) is 18.0. The van der Waals surface area contributed by atoms with E-state index in [-0.39, 0.29) is 23.7 Å². The van der Waals surface area contributed by atoms with Gasteiger partial charge in [0.15, 0.2) is 0 Å². The second-order valence-corrected chi connectivity index (χ2v) is 7.65. The predicted molar refractivity (Wildman–Crippen MR) is 102 cm³/mol. The molecule has 2 rings (SSSR count). The number of nitrogens with one attached hydrogen (secondary N) is 2. The summed E-state index contributed by atoms with van der Waals surface area (Å²) in [7, 11) is 1.86. The molecule has 0 saturated heterocycles. The Morgan fingerprint density at radius 2 is 2.07 bits per heavy atom. The first kappa shape index (κ1) is 20.6. The van der Waals surface area contributed by atoms with E-state index in [4.69, 9.17) is 10.1 Å². The van der Waals surface area contributed by atoms with Gasteiger partial charge in [-0.05, 0) is 46.4 Å². The molecule has 0 spiro atoms. The lowest BCUT2D eigenvalue weighted by atomic mass is 10.1. The van der Waals surface area contributed by atoms with E-state index in [1.165, 1.54) is 12.3 Å². The number of fused-ring (bicyclic) bond motifs is 1. The first-order valence-corrected chi connectivity index (χ1v) is 8.69. The van der Waals surface area contributed by atoms with Crippen molar-refractivity contribution < 1.29 is 19.4 Å². The van der Waals surface area contributed by atoms with Crippen LogP contribution in [0.25, 0.3) is 11.0 Å². The summed E-state index contributed by atoms with van der Waals surface area (Å²) in [5.74, 6) is -1.63. The molecule has 0 fully saturated rings. The molecule has 0 aromatic carbocycles. The first-order valence-electron chi connectivity index (χ1n) is 8.69. The summed E-state index contributed by atoms with van der Waals surface area (Å²) in [6.07, 6.45) is 3.44. The van der Waals surface area contributed by atoms with Gasteiger partial charge in [-0.3, -0.25) is 10.3 Å². The van der Waals surface area contributed by atoms with Crippen LogP contribution in [0.2, 0.25) is 0 Å². The SMILES string of the molecule is CC(CC(=N)C(=O)OC(C)(C)C)N(C)Cc1c[nH]c2nccc(C(=O)O)c12. The van der Waals surface area contributed by atoms with Crippen LogP contribution in [-0.2, 0) is 16.1 Å². The molecule has 0 aliphatic heterocycles. The van der Waals surface area contributed by atoms with Crippen molar-refractivity contribution in [1.82, 2.24) is 14.9 Å². The number of H-pyrrole nitrogens is 1. The van der Waals surface area contributed by atoms with Crippen molar-refractivity contribution >= 4 is 28.7 Å². The van der Waals surface area contributed by atoms with Crippen LogP contribution >= 0.6 is 0 Å². The second-order valence-electron chi connectivity index (χ2n) is 7.65. The molecule has 0 radical (unpaired) electrons. The molecule has 0 saturated carbocycles. The molecule has 2 aromatic rings. The quantitative estimate of drug-likeness (QED) is 0.506. The van der Waals surface area contributed by atoms with E-state index >= 15 is 0 Å². The largest absolute Gasteiger partial charge is 0.478 e. The Balaban J connectivity index is 2.10. The van der Waals surface area contributed by atoms with Crippen LogP contribution in [0, 0.1) is 5.41 Å². The average molecular weight is 374 g/mol. The highest BCUT2D eigenvalue weighted by Crippen LogP contribution is 2.23. The van der Waals surface area contributed by atoms with Gasteiger partial charge in [0.25, 0.3) is 0 Å². The number of aromatic carboxylic acids is 1. The van der Waals surface area contributed by atoms with Crippen molar-refractivity contribution in [3.63, 3.8) is 0 Å². The van der Waals surface area contributed by atoms with Crippen molar-refractivity contribution in [2.24, 2.45) is 0 Å². The molecule has 1 unspecified atom stereocenters. The Labute approximate surface area is 158 Å². The van der Waals surface area contributed by atoms with E-state index in [0.29, 0.717) is 17.6 Å². The fourth-order valence-electron chi connectivity index (χ4n) is 2.73. The molecule has 2 heterocycles. The maximum absolute atomic E-state index is 12.0. The average Bonchev–Trinajstić information content (AvgIpc) is 2.96. The van der Waals surface area contributed by atoms with E-state index in [2.05, 4.69) is 9.97 Å². The van der Waals surface area contributed by atoms with Crippen LogP contribution in [0.15, 0.2) is 18.5 Å². The summed E-state index contributed by atoms with van der Waals surface area (Å²) in [6.45, 7) is 7.65. The number of pyridine rings is 1. The number of carbonyl (C=O) groups excluding carboxylic acids is 1. The lowest BCUT2D eigenvalue weighted by Crippen LogP contribution is -2.35. The predicted octanol–water partition coefficient (Wildman–Crippen LogP) is 2.83. The monoisotopic (exact) mass is 374 g/mol. The van der Waals surface area contributed by atoms with Crippen molar-refractivity contribution in [3.05, 3.63) is 29.6 Å². The number of rotatable bonds is 7. The van der Waals surface area contributed by atoms with Gasteiger partial charge in [0.05, 0.1) is 5.56 Å². The highest BCUT2D eigenvalue weighted by Gasteiger charge is 2.23. The molecule has 3 N–H and O–H groups in total. The third kappa shape index (κ3) is 5.13. The van der Waals surface area contributed by atoms with Gasteiger partial charge in [-0.2, -0.15) is 0 Å². The summed E-state index contributed by atoms with van der Waals surface area (Å²) in [4.78, 5) is 32.6. The van der Waals surface area contributed by atoms with Gasteiger partial charge in [-0.1, -0.05) is 0 Å². The van der Waals surface area contributed by atoms with E-state index in [0.717, 1.165) is 5.56 Å². The van der Waals surface area contributed by atoms with Crippen molar-refractivity contribution in [1.29, 1.82) is 5.41 Å². The van der Waals surface area contributed by atoms with E-state index in [1.54, 1.807) is 27.0 Å². The van der Waals surface area contributed by atoms with Crippen LogP contribution in [-0.4, -0.2) is 56.3 Å². The third-order valence-corrected chi connectivity index (χ3v) is 4.20. The minimum Gasteiger partial charge on any atom is -0.478 e. The number of carboxylic acid groups (broad SMARTS) is 1. The van der Waals surface area contributed by atoms with Gasteiger partial charge in [-0.15, -0.1) is 0 Å². The number of hydrogen-bond acceptors (Lipinski definition) is 6. The number of esters is 1. The third-order valence-electron chi connectivity index (χ3n) is 4.20. The van der Waals surface area contributed by atoms with Crippen LogP contribution in [0.3, 0.4) is 0 Å². The zero-order valence-corrected chi connectivity index (χ0v) is 16.3. The molecule has 0 aliphatic rings. The van der Waals surface area contributed by atoms with Crippen molar-refractivity contribution in [2.45, 2.75) is 52.3 Å². The van der Waals surface area contributed by atoms with Gasteiger partial charge in [0.2, 0.25) is 0 Å². The molecule has 146 valence electrons. The van der Waals surface area contributed by atoms with Crippen LogP contribution < -0.4 is 0 Å². The molecule has 0 aliphatic carbocycles. The Kier molecular flexibility index (Phi) is 6.00. The maximum atomic E-state index is 12.0. The second kappa shape index (κ2) is 7.87. The topological polar surface area (TPSA) is 119 Å². The lowest BCUT2D eigenvalue weighted by molar-refractivity contribution is -0.146. The Hall–Kier alpha value is -2.74. The fourth-order valence-corrected chi connectivity index (χ4v) is 2.73. The van der Waals surface area contributed by atoms with Gasteiger partial charge in [0, 0.05) is 36.8 Å². The zero-order chi connectivity index (χ0) is 20.4. The van der Waals surface area contributed by atoms with Crippen LogP contribution in [0.4, 0.5) is 0 Å². The molecule has 0 amide bonds. The summed E-state index contributed by atoms with van der Waals surface area (Å²) >= 11 is 0. The molecule has 27 heavy (non-hydrogen) atoms. The van der Waals surface area contributed by atoms with Crippen LogP contribution in [0.5, 0.6) is 0 Å². The minimum absolute atomic E-state index is 0.0870. The standard InChI is InChI=1S/C19H26N4O4/c1-11(8-14(20)18(26)27-19(2,3)4)23(5)10-12-9-22-16-15(12)13(17(24)25)6-7-21-16/h6-7,9,11,20H,8,10H2,1-5H3,(H,21,22)(H,24,25). The van der Waals surface area contributed by atoms with Crippen molar-refractivity contribution in [2.75, 3.05) is 7.05 Å². The summed E-state index contributed by atoms with van der Waals surface area (Å²) < 4.78 is 5.23. The Bertz CT molecular complexity index is 866. The van der Waals surface area contributed by atoms with Crippen LogP contribution in [0.1, 0.15) is 50.0 Å². The normalized spacial score (nSPS) is 13.0. The van der Waals surface area contributed by atoms with E-state index in [9.17, 15) is 14.7 Å². The molecular formula is C19H26N4O4. The van der Waals surface area contributed by atoms with Gasteiger partial charge in [0.1, 0.15) is 17.0 Å². The first-order chi connectivity index (χ1) is 12.5. The number of nitrogens with zero attached hydrogens (tertiary/aromatic N) is 2. The summed E-state index contributed by atoms with van der Waals surface area (Å²) in [5.41, 5.74) is 0.791. The maximum Gasteiger partial charge on any atom is 0.352 e. The molecule has 0 bridgehead atoms. The number of aromatic amines is 1. The summed E-state index contributed by atoms with van der Waals surface area (Å²) in [6, 6.07) is 1.36. The number of ether oxygens (including phenoxy) is 1. The zero-order valence-electron chi connectivity index (χ0n) is 16.3. The molecule has 1 atom stereocenters. The lowest BCUT2D eigenvalue weighted by Gasteiger charge is -2.25. The molecule has 8 nitrogen and oxygen atoms in total. The minimum atomic E-state index is -1.01. The van der Waals surface area contributed by atoms with Crippen molar-refractivity contribution in [3.8, 4) is 0 Å². The number of aromatic nitrogens is 2. The highest BCUT2D eigenvalue weighted by atomic mass is 16.6. The Morgan fingerprint density at radius 3 is 2.67 bits per heavy atom. The molecule has 8 heteroatoms. The fraction of sp³-hybridized carbons (Fsp3) is 0.474. The number of carboxylic acids is 1. The molecular weight excluding hydrogens is 348 g/mol.